The van der Waals surface area contributed by atoms with Gasteiger partial charge in [0.2, 0.25) is 0 Å². The molecule has 0 amide bonds. The molecular weight excluding hydrogens is 496 g/mol. The molecule has 0 unspecified atom stereocenters. The standard InChI is InChI=1S/C39H36N2/c1-3-5-7-9-10-12-15-30-16-13-17-36-35-27-18-29(14-11-8-6-4-2)28-37(35)39(38(30)36,31-19-23-33(40)24-20-31)32-21-25-34(41)26-22-32/h13,16-28H,3-8,40-41H2,1-2H3. The number of anilines is 2. The Morgan fingerprint density at radius 1 is 0.634 bits per heavy atom. The molecule has 2 nitrogen and oxygen atoms in total. The number of rotatable bonds is 6. The number of nitrogen functional groups attached to an aromatic ring is 2. The summed E-state index contributed by atoms with van der Waals surface area (Å²) in [7, 11) is 0. The lowest BCUT2D eigenvalue weighted by molar-refractivity contribution is 0.766. The summed E-state index contributed by atoms with van der Waals surface area (Å²) >= 11 is 0. The second-order valence-corrected chi connectivity index (χ2v) is 10.5. The topological polar surface area (TPSA) is 52.0 Å². The van der Waals surface area contributed by atoms with Crippen molar-refractivity contribution in [2.24, 2.45) is 0 Å². The largest absolute Gasteiger partial charge is 0.399 e. The monoisotopic (exact) mass is 532 g/mol. The molecule has 1 aliphatic rings. The van der Waals surface area contributed by atoms with Gasteiger partial charge in [0.05, 0.1) is 5.41 Å². The van der Waals surface area contributed by atoms with Crippen molar-refractivity contribution >= 4 is 11.4 Å². The molecular formula is C39H36N2. The van der Waals surface area contributed by atoms with Gasteiger partial charge >= 0.3 is 0 Å². The van der Waals surface area contributed by atoms with E-state index < -0.39 is 5.41 Å². The lowest BCUT2D eigenvalue weighted by Crippen LogP contribution is -2.29. The van der Waals surface area contributed by atoms with Crippen LogP contribution in [-0.4, -0.2) is 0 Å². The summed E-state index contributed by atoms with van der Waals surface area (Å²) < 4.78 is 0. The Morgan fingerprint density at radius 2 is 1.27 bits per heavy atom. The van der Waals surface area contributed by atoms with Crippen molar-refractivity contribution in [3.63, 3.8) is 0 Å². The van der Waals surface area contributed by atoms with Crippen LogP contribution >= 0.6 is 0 Å². The Labute approximate surface area is 245 Å². The normalized spacial score (nSPS) is 12.0. The van der Waals surface area contributed by atoms with E-state index in [0.29, 0.717) is 0 Å². The predicted molar refractivity (Wildman–Crippen MR) is 173 cm³/mol. The highest BCUT2D eigenvalue weighted by Crippen LogP contribution is 2.57. The van der Waals surface area contributed by atoms with Gasteiger partial charge in [0.1, 0.15) is 0 Å². The van der Waals surface area contributed by atoms with Crippen molar-refractivity contribution in [2.75, 3.05) is 11.5 Å². The zero-order valence-corrected chi connectivity index (χ0v) is 24.0. The first-order valence-electron chi connectivity index (χ1n) is 14.6. The summed E-state index contributed by atoms with van der Waals surface area (Å²) in [6.07, 6.45) is 6.22. The molecule has 4 N–H and O–H groups in total. The van der Waals surface area contributed by atoms with E-state index in [1.807, 2.05) is 24.3 Å². The van der Waals surface area contributed by atoms with Crippen molar-refractivity contribution in [1.82, 2.24) is 0 Å². The van der Waals surface area contributed by atoms with Crippen molar-refractivity contribution < 1.29 is 0 Å². The lowest BCUT2D eigenvalue weighted by Gasteiger charge is -2.34. The number of hydrogen-bond donors (Lipinski definition) is 2. The Kier molecular flexibility index (Phi) is 8.49. The maximum atomic E-state index is 6.19. The Balaban J connectivity index is 1.82. The van der Waals surface area contributed by atoms with Crippen molar-refractivity contribution in [3.8, 4) is 46.6 Å². The van der Waals surface area contributed by atoms with Gasteiger partial charge in [-0.3, -0.25) is 0 Å². The Bertz CT molecular complexity index is 1680. The zero-order valence-electron chi connectivity index (χ0n) is 24.0. The molecule has 2 heteroatoms. The summed E-state index contributed by atoms with van der Waals surface area (Å²) in [6, 6.07) is 29.5. The summed E-state index contributed by atoms with van der Waals surface area (Å²) in [4.78, 5) is 0. The molecule has 0 bridgehead atoms. The van der Waals surface area contributed by atoms with Crippen LogP contribution in [0.1, 0.15) is 85.8 Å². The van der Waals surface area contributed by atoms with E-state index in [4.69, 9.17) is 11.5 Å². The summed E-state index contributed by atoms with van der Waals surface area (Å²) in [5, 5.41) is 0. The number of hydrogen-bond acceptors (Lipinski definition) is 2. The van der Waals surface area contributed by atoms with Crippen LogP contribution in [0.15, 0.2) is 84.9 Å². The highest BCUT2D eigenvalue weighted by molar-refractivity contribution is 5.89. The Morgan fingerprint density at radius 3 is 1.90 bits per heavy atom. The molecule has 41 heavy (non-hydrogen) atoms. The van der Waals surface area contributed by atoms with Crippen LogP contribution in [0.4, 0.5) is 11.4 Å². The van der Waals surface area contributed by atoms with Gasteiger partial charge in [-0.05, 0) is 101 Å². The molecule has 0 aliphatic heterocycles. The van der Waals surface area contributed by atoms with Gasteiger partial charge in [0.25, 0.3) is 0 Å². The minimum absolute atomic E-state index is 0.631. The second-order valence-electron chi connectivity index (χ2n) is 10.5. The van der Waals surface area contributed by atoms with E-state index in [-0.39, 0.29) is 0 Å². The third-order valence-corrected chi connectivity index (χ3v) is 7.73. The third-order valence-electron chi connectivity index (χ3n) is 7.73. The average molecular weight is 533 g/mol. The molecule has 1 aliphatic carbocycles. The molecule has 0 aromatic heterocycles. The molecule has 0 spiro atoms. The van der Waals surface area contributed by atoms with Gasteiger partial charge < -0.3 is 11.5 Å². The molecule has 0 fully saturated rings. The van der Waals surface area contributed by atoms with E-state index in [0.717, 1.165) is 77.7 Å². The molecule has 4 aromatic rings. The van der Waals surface area contributed by atoms with Gasteiger partial charge in [-0.1, -0.05) is 92.8 Å². The van der Waals surface area contributed by atoms with Crippen LogP contribution in [0.25, 0.3) is 11.1 Å². The quantitative estimate of drug-likeness (QED) is 0.131. The van der Waals surface area contributed by atoms with E-state index in [9.17, 15) is 0 Å². The second kappa shape index (κ2) is 12.6. The van der Waals surface area contributed by atoms with Gasteiger partial charge in [0, 0.05) is 35.3 Å². The van der Waals surface area contributed by atoms with E-state index in [1.54, 1.807) is 0 Å². The van der Waals surface area contributed by atoms with Crippen molar-refractivity contribution in [1.29, 1.82) is 0 Å². The van der Waals surface area contributed by atoms with Gasteiger partial charge in [-0.15, -0.1) is 0 Å². The molecule has 202 valence electrons. The molecule has 0 radical (unpaired) electrons. The SMILES string of the molecule is CCCCC#CC#Cc1cccc2c1C(c1ccc(N)cc1)(c1ccc(N)cc1)c1cc(C#CCCCC)ccc1-2. The van der Waals surface area contributed by atoms with Crippen molar-refractivity contribution in [3.05, 3.63) is 118 Å². The minimum Gasteiger partial charge on any atom is -0.399 e. The van der Waals surface area contributed by atoms with Gasteiger partial charge in [-0.25, -0.2) is 0 Å². The van der Waals surface area contributed by atoms with Gasteiger partial charge in [0.15, 0.2) is 0 Å². The van der Waals surface area contributed by atoms with Crippen LogP contribution in [-0.2, 0) is 5.41 Å². The summed E-state index contributed by atoms with van der Waals surface area (Å²) in [5.41, 5.74) is 22.1. The smallest absolute Gasteiger partial charge is 0.0726 e. The zero-order chi connectivity index (χ0) is 28.7. The predicted octanol–water partition coefficient (Wildman–Crippen LogP) is 8.30. The van der Waals surface area contributed by atoms with Crippen molar-refractivity contribution in [2.45, 2.75) is 57.8 Å². The number of fused-ring (bicyclic) bond motifs is 3. The van der Waals surface area contributed by atoms with Crippen LogP contribution in [0.3, 0.4) is 0 Å². The molecule has 0 atom stereocenters. The average Bonchev–Trinajstić information content (AvgIpc) is 3.29. The van der Waals surface area contributed by atoms with Crippen LogP contribution in [0, 0.1) is 35.5 Å². The van der Waals surface area contributed by atoms with E-state index >= 15 is 0 Å². The summed E-state index contributed by atoms with van der Waals surface area (Å²) in [5.74, 6) is 19.7. The first kappa shape index (κ1) is 27.7. The fraction of sp³-hybridized carbons (Fsp3) is 0.231. The molecule has 5 rings (SSSR count). The fourth-order valence-corrected chi connectivity index (χ4v) is 5.72. The Hall–Kier alpha value is -4.84. The molecule has 4 aromatic carbocycles. The van der Waals surface area contributed by atoms with Crippen LogP contribution in [0.2, 0.25) is 0 Å². The maximum Gasteiger partial charge on any atom is 0.0726 e. The number of benzene rings is 4. The lowest BCUT2D eigenvalue weighted by atomic mass is 9.66. The first-order valence-corrected chi connectivity index (χ1v) is 14.6. The van der Waals surface area contributed by atoms with Crippen LogP contribution in [0.5, 0.6) is 0 Å². The third kappa shape index (κ3) is 5.46. The summed E-state index contributed by atoms with van der Waals surface area (Å²) in [6.45, 7) is 4.37. The first-order chi connectivity index (χ1) is 20.1. The van der Waals surface area contributed by atoms with Crippen LogP contribution < -0.4 is 11.5 Å². The maximum absolute atomic E-state index is 6.19. The number of unbranched alkanes of at least 4 members (excludes halogenated alkanes) is 4. The highest BCUT2D eigenvalue weighted by Gasteiger charge is 2.47. The highest BCUT2D eigenvalue weighted by atomic mass is 14.6. The fourth-order valence-electron chi connectivity index (χ4n) is 5.72. The van der Waals surface area contributed by atoms with E-state index in [2.05, 4.69) is 110 Å². The molecule has 0 heterocycles. The molecule has 0 saturated heterocycles. The minimum atomic E-state index is -0.631. The molecule has 0 saturated carbocycles. The van der Waals surface area contributed by atoms with Gasteiger partial charge in [-0.2, -0.15) is 0 Å². The number of nitrogens with two attached hydrogens (primary N) is 2. The van der Waals surface area contributed by atoms with E-state index in [1.165, 1.54) is 16.7 Å².